The molecule has 0 radical (unpaired) electrons. The van der Waals surface area contributed by atoms with Crippen molar-refractivity contribution in [1.82, 2.24) is 19.9 Å². The molecule has 1 fully saturated rings. The van der Waals surface area contributed by atoms with E-state index in [0.717, 1.165) is 11.4 Å². The molecule has 10 heteroatoms. The lowest BCUT2D eigenvalue weighted by Crippen LogP contribution is -2.40. The molecule has 1 aliphatic heterocycles. The number of anilines is 2. The molecule has 0 bridgehead atoms. The quantitative estimate of drug-likeness (QED) is 0.652. The second-order valence-electron chi connectivity index (χ2n) is 6.91. The highest BCUT2D eigenvalue weighted by atomic mass is 32.2. The van der Waals surface area contributed by atoms with Gasteiger partial charge in [0.25, 0.3) is 0 Å². The Hall–Kier alpha value is -3.40. The maximum atomic E-state index is 12.3. The zero-order chi connectivity index (χ0) is 21.0. The zero-order valence-electron chi connectivity index (χ0n) is 16.1. The average molecular weight is 424 g/mol. The van der Waals surface area contributed by atoms with E-state index >= 15 is 0 Å². The van der Waals surface area contributed by atoms with Gasteiger partial charge in [0, 0.05) is 31.7 Å². The normalized spacial score (nSPS) is 15.5. The Morgan fingerprint density at radius 2 is 1.77 bits per heavy atom. The van der Waals surface area contributed by atoms with E-state index in [-0.39, 0.29) is 23.8 Å². The Labute approximate surface area is 174 Å². The minimum absolute atomic E-state index is 0.141. The number of hydrogen-bond donors (Lipinski definition) is 1. The zero-order valence-corrected chi connectivity index (χ0v) is 16.9. The van der Waals surface area contributed by atoms with Crippen LogP contribution in [-0.2, 0) is 21.1 Å². The highest BCUT2D eigenvalue weighted by molar-refractivity contribution is 7.91. The Bertz CT molecular complexity index is 1110. The molecule has 1 amide bonds. The van der Waals surface area contributed by atoms with Gasteiger partial charge in [0.05, 0.1) is 41.7 Å². The minimum atomic E-state index is -2.93. The summed E-state index contributed by atoms with van der Waals surface area (Å²) in [6, 6.07) is 7.19. The number of aromatic nitrogens is 4. The third-order valence-corrected chi connectivity index (χ3v) is 6.32. The molecule has 0 aromatic carbocycles. The van der Waals surface area contributed by atoms with E-state index in [1.54, 1.807) is 43.1 Å². The second kappa shape index (κ2) is 8.54. The largest absolute Gasteiger partial charge is 0.355 e. The Morgan fingerprint density at radius 1 is 0.933 bits per heavy atom. The van der Waals surface area contributed by atoms with Crippen LogP contribution in [0.3, 0.4) is 0 Å². The van der Waals surface area contributed by atoms with Gasteiger partial charge in [-0.3, -0.25) is 19.7 Å². The lowest BCUT2D eigenvalue weighted by molar-refractivity contribution is -0.115. The van der Waals surface area contributed by atoms with Crippen LogP contribution in [0.4, 0.5) is 11.5 Å². The molecule has 0 aliphatic carbocycles. The third-order valence-electron chi connectivity index (χ3n) is 4.72. The Kier molecular flexibility index (Phi) is 5.66. The summed E-state index contributed by atoms with van der Waals surface area (Å²) in [7, 11) is -2.93. The van der Waals surface area contributed by atoms with Crippen LogP contribution in [-0.4, -0.2) is 58.9 Å². The summed E-state index contributed by atoms with van der Waals surface area (Å²) < 4.78 is 23.1. The fourth-order valence-corrected chi connectivity index (χ4v) is 4.29. The van der Waals surface area contributed by atoms with Gasteiger partial charge in [0.2, 0.25) is 5.91 Å². The molecule has 154 valence electrons. The SMILES string of the molecule is O=C(Cc1ccc(N2CCS(=O)(=O)CC2)nc1)Nc1ccc(-c2cnccn2)nc1. The Morgan fingerprint density at radius 3 is 2.40 bits per heavy atom. The predicted molar refractivity (Wildman–Crippen MR) is 113 cm³/mol. The molecule has 1 aliphatic rings. The number of amides is 1. The monoisotopic (exact) mass is 424 g/mol. The molecule has 1 N–H and O–H groups in total. The number of nitrogens with zero attached hydrogens (tertiary/aromatic N) is 5. The molecule has 9 nitrogen and oxygen atoms in total. The van der Waals surface area contributed by atoms with Gasteiger partial charge in [-0.1, -0.05) is 6.07 Å². The number of hydrogen-bond acceptors (Lipinski definition) is 8. The molecule has 4 heterocycles. The first-order valence-electron chi connectivity index (χ1n) is 9.41. The average Bonchev–Trinajstić information content (AvgIpc) is 2.75. The van der Waals surface area contributed by atoms with Crippen LogP contribution in [0.2, 0.25) is 0 Å². The van der Waals surface area contributed by atoms with Crippen molar-refractivity contribution >= 4 is 27.2 Å². The van der Waals surface area contributed by atoms with Crippen LogP contribution in [0.1, 0.15) is 5.56 Å². The molecule has 0 atom stereocenters. The lowest BCUT2D eigenvalue weighted by Gasteiger charge is -2.27. The highest BCUT2D eigenvalue weighted by Crippen LogP contribution is 2.17. The van der Waals surface area contributed by atoms with Crippen molar-refractivity contribution in [2.45, 2.75) is 6.42 Å². The topological polar surface area (TPSA) is 118 Å². The lowest BCUT2D eigenvalue weighted by atomic mass is 10.2. The van der Waals surface area contributed by atoms with Gasteiger partial charge in [0.1, 0.15) is 11.5 Å². The first-order chi connectivity index (χ1) is 14.5. The molecular formula is C20H20N6O3S. The number of carbonyl (C=O) groups is 1. The molecule has 0 unspecified atom stereocenters. The number of carbonyl (C=O) groups excluding carboxylic acids is 1. The molecule has 30 heavy (non-hydrogen) atoms. The van der Waals surface area contributed by atoms with Crippen LogP contribution in [0.25, 0.3) is 11.4 Å². The van der Waals surface area contributed by atoms with Crippen molar-refractivity contribution in [1.29, 1.82) is 0 Å². The number of rotatable bonds is 5. The summed E-state index contributed by atoms with van der Waals surface area (Å²) in [5, 5.41) is 2.81. The van der Waals surface area contributed by atoms with Gasteiger partial charge >= 0.3 is 0 Å². The van der Waals surface area contributed by atoms with Gasteiger partial charge in [-0.05, 0) is 23.8 Å². The van der Waals surface area contributed by atoms with Gasteiger partial charge in [0.15, 0.2) is 9.84 Å². The molecule has 1 saturated heterocycles. The van der Waals surface area contributed by atoms with Crippen molar-refractivity contribution in [3.05, 3.63) is 60.8 Å². The van der Waals surface area contributed by atoms with Gasteiger partial charge in [-0.25, -0.2) is 13.4 Å². The molecule has 0 saturated carbocycles. The fourth-order valence-electron chi connectivity index (χ4n) is 3.09. The van der Waals surface area contributed by atoms with Crippen LogP contribution in [0, 0.1) is 0 Å². The van der Waals surface area contributed by atoms with Crippen LogP contribution < -0.4 is 10.2 Å². The minimum Gasteiger partial charge on any atom is -0.355 e. The van der Waals surface area contributed by atoms with E-state index < -0.39 is 9.84 Å². The second-order valence-corrected chi connectivity index (χ2v) is 9.21. The van der Waals surface area contributed by atoms with E-state index in [4.69, 9.17) is 0 Å². The summed E-state index contributed by atoms with van der Waals surface area (Å²) in [4.78, 5) is 31.2. The van der Waals surface area contributed by atoms with Crippen molar-refractivity contribution in [2.24, 2.45) is 0 Å². The van der Waals surface area contributed by atoms with Crippen LogP contribution >= 0.6 is 0 Å². The molecular weight excluding hydrogens is 404 g/mol. The number of sulfone groups is 1. The van der Waals surface area contributed by atoms with Crippen LogP contribution in [0.5, 0.6) is 0 Å². The first-order valence-corrected chi connectivity index (χ1v) is 11.2. The van der Waals surface area contributed by atoms with E-state index in [1.807, 2.05) is 17.0 Å². The van der Waals surface area contributed by atoms with E-state index in [9.17, 15) is 13.2 Å². The Balaban J connectivity index is 1.33. The smallest absolute Gasteiger partial charge is 0.228 e. The summed E-state index contributed by atoms with van der Waals surface area (Å²) in [5.41, 5.74) is 2.69. The maximum Gasteiger partial charge on any atom is 0.228 e. The highest BCUT2D eigenvalue weighted by Gasteiger charge is 2.22. The van der Waals surface area contributed by atoms with Gasteiger partial charge < -0.3 is 10.2 Å². The van der Waals surface area contributed by atoms with E-state index in [1.165, 1.54) is 0 Å². The van der Waals surface area contributed by atoms with Crippen molar-refractivity contribution < 1.29 is 13.2 Å². The summed E-state index contributed by atoms with van der Waals surface area (Å²) >= 11 is 0. The van der Waals surface area contributed by atoms with Gasteiger partial charge in [-0.2, -0.15) is 0 Å². The molecule has 3 aromatic heterocycles. The molecule has 0 spiro atoms. The van der Waals surface area contributed by atoms with Crippen molar-refractivity contribution in [3.8, 4) is 11.4 Å². The third kappa shape index (κ3) is 4.95. The number of nitrogens with one attached hydrogen (secondary N) is 1. The van der Waals surface area contributed by atoms with Crippen molar-refractivity contribution in [2.75, 3.05) is 34.8 Å². The summed E-state index contributed by atoms with van der Waals surface area (Å²) in [6.45, 7) is 0.874. The fraction of sp³-hybridized carbons (Fsp3) is 0.250. The van der Waals surface area contributed by atoms with Crippen molar-refractivity contribution in [3.63, 3.8) is 0 Å². The van der Waals surface area contributed by atoms with E-state index in [2.05, 4.69) is 25.3 Å². The van der Waals surface area contributed by atoms with E-state index in [0.29, 0.717) is 30.2 Å². The van der Waals surface area contributed by atoms with Crippen LogP contribution in [0.15, 0.2) is 55.2 Å². The number of pyridine rings is 2. The molecule has 3 aromatic rings. The molecule has 4 rings (SSSR count). The standard InChI is InChI=1S/C20H20N6O3S/c27-20(25-16-2-3-17(23-13-16)18-14-21-5-6-22-18)11-15-1-4-19(24-12-15)26-7-9-30(28,29)10-8-26/h1-6,12-14H,7-11H2,(H,25,27). The first kappa shape index (κ1) is 19.9. The predicted octanol–water partition coefficient (Wildman–Crippen LogP) is 1.35. The maximum absolute atomic E-state index is 12.3. The van der Waals surface area contributed by atoms with Gasteiger partial charge in [-0.15, -0.1) is 0 Å². The summed E-state index contributed by atoms with van der Waals surface area (Å²) in [6.07, 6.45) is 8.21. The summed E-state index contributed by atoms with van der Waals surface area (Å²) in [5.74, 6) is 0.825.